The highest BCUT2D eigenvalue weighted by Gasteiger charge is 2.36. The third-order valence-electron chi connectivity index (χ3n) is 6.83. The minimum Gasteiger partial charge on any atom is -0.472 e. The molecule has 0 fully saturated rings. The molecule has 0 spiro atoms. The normalized spacial score (nSPS) is 17.8. The van der Waals surface area contributed by atoms with Crippen molar-refractivity contribution in [2.45, 2.75) is 30.9 Å². The average molecular weight is 577 g/mol. The number of aromatic nitrogens is 1. The molecule has 0 saturated carbocycles. The molecule has 1 aromatic heterocycles. The van der Waals surface area contributed by atoms with Crippen LogP contribution in [-0.2, 0) is 10.0 Å². The van der Waals surface area contributed by atoms with Gasteiger partial charge in [-0.05, 0) is 55.5 Å². The Kier molecular flexibility index (Phi) is 9.04. The molecule has 1 aliphatic rings. The number of aliphatic hydroxyl groups is 1. The van der Waals surface area contributed by atoms with Crippen molar-refractivity contribution in [2.75, 3.05) is 26.7 Å². The second-order valence-corrected chi connectivity index (χ2v) is 11.9. The highest BCUT2D eigenvalue weighted by Crippen LogP contribution is 2.28. The van der Waals surface area contributed by atoms with Gasteiger partial charge in [0.25, 0.3) is 5.91 Å². The number of benzene rings is 2. The SMILES string of the molecule is C[C@H](CO)N1C[C@H](C)[C@H](CN(C)S(=O)(=O)c2ccc(C#N)cc2)Oc2ncc(C#Cc3cccc(F)c3)cc2C1=O. The summed E-state index contributed by atoms with van der Waals surface area (Å²) in [5.41, 5.74) is 1.31. The van der Waals surface area contributed by atoms with Crippen molar-refractivity contribution < 1.29 is 27.4 Å². The molecule has 0 unspecified atom stereocenters. The van der Waals surface area contributed by atoms with Gasteiger partial charge in [-0.3, -0.25) is 4.79 Å². The quantitative estimate of drug-likeness (QED) is 0.448. The molecule has 0 aliphatic carbocycles. The number of carbonyl (C=O) groups is 1. The van der Waals surface area contributed by atoms with Crippen molar-refractivity contribution in [3.63, 3.8) is 0 Å². The van der Waals surface area contributed by atoms with E-state index < -0.39 is 33.9 Å². The number of ether oxygens (including phenoxy) is 1. The van der Waals surface area contributed by atoms with Gasteiger partial charge in [0.05, 0.1) is 35.7 Å². The van der Waals surface area contributed by atoms with E-state index in [1.807, 2.05) is 13.0 Å². The average Bonchev–Trinajstić information content (AvgIpc) is 2.97. The molecule has 1 aliphatic heterocycles. The van der Waals surface area contributed by atoms with Gasteiger partial charge in [-0.2, -0.15) is 9.57 Å². The van der Waals surface area contributed by atoms with E-state index in [4.69, 9.17) is 10.00 Å². The number of aliphatic hydroxyl groups excluding tert-OH is 1. The molecular formula is C30H29FN4O5S. The minimum atomic E-state index is -3.92. The van der Waals surface area contributed by atoms with Gasteiger partial charge in [0.15, 0.2) is 0 Å². The van der Waals surface area contributed by atoms with Crippen LogP contribution in [0.4, 0.5) is 4.39 Å². The maximum Gasteiger partial charge on any atom is 0.259 e. The Bertz CT molecular complexity index is 1640. The lowest BCUT2D eigenvalue weighted by Crippen LogP contribution is -2.50. The molecular weight excluding hydrogens is 547 g/mol. The van der Waals surface area contributed by atoms with E-state index in [0.717, 1.165) is 4.31 Å². The summed E-state index contributed by atoms with van der Waals surface area (Å²) >= 11 is 0. The Labute approximate surface area is 238 Å². The van der Waals surface area contributed by atoms with Gasteiger partial charge in [-0.1, -0.05) is 24.8 Å². The Morgan fingerprint density at radius 2 is 1.88 bits per heavy atom. The summed E-state index contributed by atoms with van der Waals surface area (Å²) < 4.78 is 47.4. The molecule has 41 heavy (non-hydrogen) atoms. The number of pyridine rings is 1. The van der Waals surface area contributed by atoms with E-state index in [0.29, 0.717) is 16.7 Å². The molecule has 0 radical (unpaired) electrons. The predicted octanol–water partition coefficient (Wildman–Crippen LogP) is 3.03. The Balaban J connectivity index is 1.67. The first kappa shape index (κ1) is 29.7. The second kappa shape index (κ2) is 12.5. The van der Waals surface area contributed by atoms with Gasteiger partial charge in [0.2, 0.25) is 15.9 Å². The topological polar surface area (TPSA) is 124 Å². The molecule has 212 valence electrons. The van der Waals surface area contributed by atoms with Crippen LogP contribution >= 0.6 is 0 Å². The number of nitriles is 1. The number of rotatable bonds is 6. The molecule has 9 nitrogen and oxygen atoms in total. The molecule has 1 amide bonds. The minimum absolute atomic E-state index is 0.0159. The van der Waals surface area contributed by atoms with Crippen molar-refractivity contribution in [3.05, 3.63) is 88.9 Å². The number of amides is 1. The third-order valence-corrected chi connectivity index (χ3v) is 8.66. The Morgan fingerprint density at radius 1 is 1.17 bits per heavy atom. The summed E-state index contributed by atoms with van der Waals surface area (Å²) in [5.74, 6) is 4.59. The summed E-state index contributed by atoms with van der Waals surface area (Å²) in [6.07, 6.45) is 0.726. The van der Waals surface area contributed by atoms with Crippen LogP contribution in [0, 0.1) is 34.9 Å². The van der Waals surface area contributed by atoms with Gasteiger partial charge in [0.1, 0.15) is 17.5 Å². The number of nitrogens with zero attached hydrogens (tertiary/aromatic N) is 4. The van der Waals surface area contributed by atoms with Crippen LogP contribution in [0.5, 0.6) is 5.88 Å². The molecule has 0 bridgehead atoms. The van der Waals surface area contributed by atoms with Crippen molar-refractivity contribution in [1.29, 1.82) is 5.26 Å². The molecule has 4 rings (SSSR count). The molecule has 1 N–H and O–H groups in total. The molecule has 2 heterocycles. The molecule has 3 aromatic rings. The summed E-state index contributed by atoms with van der Waals surface area (Å²) in [4.78, 5) is 19.5. The Morgan fingerprint density at radius 3 is 2.54 bits per heavy atom. The number of hydrogen-bond acceptors (Lipinski definition) is 7. The zero-order valence-electron chi connectivity index (χ0n) is 22.8. The lowest BCUT2D eigenvalue weighted by atomic mass is 10.0. The number of sulfonamides is 1. The number of fused-ring (bicyclic) bond motifs is 1. The fourth-order valence-electron chi connectivity index (χ4n) is 4.33. The van der Waals surface area contributed by atoms with Crippen LogP contribution in [0.25, 0.3) is 0 Å². The zero-order chi connectivity index (χ0) is 29.7. The summed E-state index contributed by atoms with van der Waals surface area (Å²) in [5, 5.41) is 18.9. The van der Waals surface area contributed by atoms with Gasteiger partial charge >= 0.3 is 0 Å². The second-order valence-electron chi connectivity index (χ2n) is 9.88. The number of halogens is 1. The maximum atomic E-state index is 13.6. The van der Waals surface area contributed by atoms with Crippen LogP contribution in [-0.4, -0.2) is 72.5 Å². The van der Waals surface area contributed by atoms with E-state index in [1.54, 1.807) is 19.1 Å². The Hall–Kier alpha value is -4.29. The first-order valence-electron chi connectivity index (χ1n) is 12.9. The van der Waals surface area contributed by atoms with Gasteiger partial charge in [-0.15, -0.1) is 0 Å². The van der Waals surface area contributed by atoms with E-state index in [2.05, 4.69) is 16.8 Å². The van der Waals surface area contributed by atoms with Crippen LogP contribution in [0.3, 0.4) is 0 Å². The fourth-order valence-corrected chi connectivity index (χ4v) is 5.52. The molecule has 2 aromatic carbocycles. The highest BCUT2D eigenvalue weighted by molar-refractivity contribution is 7.89. The van der Waals surface area contributed by atoms with E-state index in [1.165, 1.54) is 60.6 Å². The van der Waals surface area contributed by atoms with Gasteiger partial charge < -0.3 is 14.7 Å². The van der Waals surface area contributed by atoms with E-state index in [9.17, 15) is 22.7 Å². The van der Waals surface area contributed by atoms with Crippen molar-refractivity contribution in [2.24, 2.45) is 5.92 Å². The van der Waals surface area contributed by atoms with Gasteiger partial charge in [0, 0.05) is 36.8 Å². The predicted molar refractivity (Wildman–Crippen MR) is 149 cm³/mol. The third kappa shape index (κ3) is 6.72. The van der Waals surface area contributed by atoms with Gasteiger partial charge in [-0.25, -0.2) is 17.8 Å². The highest BCUT2D eigenvalue weighted by atomic mass is 32.2. The van der Waals surface area contributed by atoms with Crippen molar-refractivity contribution >= 4 is 15.9 Å². The summed E-state index contributed by atoms with van der Waals surface area (Å²) in [6.45, 7) is 3.40. The number of carbonyl (C=O) groups excluding carboxylic acids is 1. The van der Waals surface area contributed by atoms with E-state index >= 15 is 0 Å². The number of likely N-dealkylation sites (N-methyl/N-ethyl adjacent to an activating group) is 1. The van der Waals surface area contributed by atoms with Crippen LogP contribution in [0.15, 0.2) is 65.7 Å². The fraction of sp³-hybridized carbons (Fsp3) is 0.300. The smallest absolute Gasteiger partial charge is 0.259 e. The van der Waals surface area contributed by atoms with E-state index in [-0.39, 0.29) is 42.0 Å². The zero-order valence-corrected chi connectivity index (χ0v) is 23.6. The van der Waals surface area contributed by atoms with Crippen LogP contribution in [0.1, 0.15) is 40.9 Å². The monoisotopic (exact) mass is 576 g/mol. The van der Waals surface area contributed by atoms with Crippen molar-refractivity contribution in [3.8, 4) is 23.8 Å². The molecule has 0 saturated heterocycles. The largest absolute Gasteiger partial charge is 0.472 e. The molecule has 11 heteroatoms. The first-order valence-corrected chi connectivity index (χ1v) is 14.3. The lowest BCUT2D eigenvalue weighted by Gasteiger charge is -2.37. The standard InChI is InChI=1S/C30H29FN4O5S/c1-20-17-35(21(2)19-36)30(37)27-14-24(8-7-22-5-4-6-25(31)13-22)16-33-29(27)40-28(20)18-34(3)41(38,39)26-11-9-23(15-32)10-12-26/h4-6,9-14,16,20-21,28,36H,17-19H2,1-3H3/t20-,21+,28-/m0/s1. The molecule has 3 atom stereocenters. The van der Waals surface area contributed by atoms with Crippen LogP contribution < -0.4 is 4.74 Å². The summed E-state index contributed by atoms with van der Waals surface area (Å²) in [6, 6.07) is 14.4. The first-order chi connectivity index (χ1) is 19.5. The lowest BCUT2D eigenvalue weighted by molar-refractivity contribution is 0.0373. The summed E-state index contributed by atoms with van der Waals surface area (Å²) in [7, 11) is -2.48. The number of hydrogen-bond donors (Lipinski definition) is 1. The maximum absolute atomic E-state index is 13.6. The van der Waals surface area contributed by atoms with Crippen molar-refractivity contribution in [1.82, 2.24) is 14.2 Å². The van der Waals surface area contributed by atoms with Crippen LogP contribution in [0.2, 0.25) is 0 Å².